The number of nitrogens with zero attached hydrogens (tertiary/aromatic N) is 3. The third kappa shape index (κ3) is 3.84. The summed E-state index contributed by atoms with van der Waals surface area (Å²) in [6.07, 6.45) is 1.16. The predicted octanol–water partition coefficient (Wildman–Crippen LogP) is 4.22. The maximum atomic E-state index is 10.6. The maximum Gasteiger partial charge on any atom is 0.219 e. The number of ether oxygens (including phenoxy) is 1. The lowest BCUT2D eigenvalue weighted by Gasteiger charge is -2.33. The molecule has 0 bridgehead atoms. The Morgan fingerprint density at radius 1 is 1.14 bits per heavy atom. The number of aromatic nitrogens is 3. The largest absolute Gasteiger partial charge is 0.464 e. The van der Waals surface area contributed by atoms with Crippen LogP contribution in [0.1, 0.15) is 27.0 Å². The first-order valence-electron chi connectivity index (χ1n) is 6.53. The molecule has 2 atom stereocenters. The van der Waals surface area contributed by atoms with E-state index in [1.54, 1.807) is 0 Å². The zero-order chi connectivity index (χ0) is 16.5. The molecule has 0 aliphatic heterocycles. The van der Waals surface area contributed by atoms with E-state index in [4.69, 9.17) is 39.5 Å². The molecular weight excluding hydrogens is 349 g/mol. The molecule has 8 heteroatoms. The van der Waals surface area contributed by atoms with Crippen LogP contribution in [0.15, 0.2) is 24.8 Å². The van der Waals surface area contributed by atoms with Gasteiger partial charge in [0, 0.05) is 6.07 Å². The van der Waals surface area contributed by atoms with Gasteiger partial charge in [-0.3, -0.25) is 0 Å². The van der Waals surface area contributed by atoms with Crippen molar-refractivity contribution in [1.29, 1.82) is 0 Å². The van der Waals surface area contributed by atoms with Crippen LogP contribution in [0.2, 0.25) is 15.1 Å². The van der Waals surface area contributed by atoms with Crippen molar-refractivity contribution in [3.8, 4) is 5.75 Å². The number of aliphatic hydroxyl groups excluding tert-OH is 1. The second-order valence-electron chi connectivity index (χ2n) is 5.89. The van der Waals surface area contributed by atoms with Crippen LogP contribution in [0.5, 0.6) is 5.75 Å². The molecule has 0 spiro atoms. The maximum absolute atomic E-state index is 10.6. The summed E-state index contributed by atoms with van der Waals surface area (Å²) in [7, 11) is 0. The van der Waals surface area contributed by atoms with E-state index < -0.39 is 17.7 Å². The molecule has 0 saturated carbocycles. The fourth-order valence-corrected chi connectivity index (χ4v) is 2.35. The minimum atomic E-state index is -0.861. The minimum Gasteiger partial charge on any atom is -0.464 e. The van der Waals surface area contributed by atoms with E-state index in [-0.39, 0.29) is 0 Å². The Kier molecular flexibility index (Phi) is 5.22. The highest BCUT2D eigenvalue weighted by Crippen LogP contribution is 2.37. The first-order valence-corrected chi connectivity index (χ1v) is 7.67. The Balaban J connectivity index is 2.38. The van der Waals surface area contributed by atoms with Gasteiger partial charge in [0.1, 0.15) is 24.5 Å². The average molecular weight is 365 g/mol. The van der Waals surface area contributed by atoms with Gasteiger partial charge in [-0.15, -0.1) is 0 Å². The van der Waals surface area contributed by atoms with Gasteiger partial charge in [-0.25, -0.2) is 9.67 Å². The second-order valence-corrected chi connectivity index (χ2v) is 7.11. The van der Waals surface area contributed by atoms with Crippen LogP contribution < -0.4 is 4.74 Å². The summed E-state index contributed by atoms with van der Waals surface area (Å²) in [5, 5.41) is 15.5. The van der Waals surface area contributed by atoms with Crippen molar-refractivity contribution in [1.82, 2.24) is 14.8 Å². The molecule has 0 fully saturated rings. The quantitative estimate of drug-likeness (QED) is 0.825. The zero-order valence-corrected chi connectivity index (χ0v) is 14.6. The molecular formula is C14H16Cl3N3O2. The van der Waals surface area contributed by atoms with Crippen molar-refractivity contribution in [3.05, 3.63) is 39.9 Å². The predicted molar refractivity (Wildman–Crippen MR) is 86.6 cm³/mol. The fourth-order valence-electron chi connectivity index (χ4n) is 1.76. The van der Waals surface area contributed by atoms with Gasteiger partial charge in [-0.2, -0.15) is 5.10 Å². The first kappa shape index (κ1) is 17.3. The van der Waals surface area contributed by atoms with Crippen molar-refractivity contribution < 1.29 is 9.84 Å². The average Bonchev–Trinajstić information content (AvgIpc) is 2.93. The highest BCUT2D eigenvalue weighted by atomic mass is 35.5. The smallest absolute Gasteiger partial charge is 0.219 e. The molecule has 2 aromatic rings. The number of hydrogen-bond acceptors (Lipinski definition) is 4. The van der Waals surface area contributed by atoms with Crippen molar-refractivity contribution in [2.24, 2.45) is 5.41 Å². The van der Waals surface area contributed by atoms with Crippen LogP contribution in [0.4, 0.5) is 0 Å². The van der Waals surface area contributed by atoms with Crippen LogP contribution in [-0.2, 0) is 0 Å². The Morgan fingerprint density at radius 2 is 1.77 bits per heavy atom. The Labute approximate surface area is 143 Å². The second kappa shape index (κ2) is 6.62. The third-order valence-corrected chi connectivity index (χ3v) is 4.09. The van der Waals surface area contributed by atoms with Crippen LogP contribution >= 0.6 is 34.8 Å². The number of halogens is 3. The van der Waals surface area contributed by atoms with Gasteiger partial charge in [-0.05, 0) is 11.5 Å². The normalized spacial score (nSPS) is 14.7. The van der Waals surface area contributed by atoms with E-state index in [2.05, 4.69) is 10.1 Å². The summed E-state index contributed by atoms with van der Waals surface area (Å²) in [6, 6.07) is 2.99. The number of hydrogen-bond donors (Lipinski definition) is 1. The van der Waals surface area contributed by atoms with Gasteiger partial charge < -0.3 is 9.84 Å². The Morgan fingerprint density at radius 3 is 2.32 bits per heavy atom. The summed E-state index contributed by atoms with van der Waals surface area (Å²) in [4.78, 5) is 3.88. The molecule has 2 rings (SSSR count). The molecule has 0 radical (unpaired) electrons. The molecule has 1 aromatic carbocycles. The number of rotatable bonds is 4. The first-order chi connectivity index (χ1) is 10.2. The Bertz CT molecular complexity index is 642. The van der Waals surface area contributed by atoms with Crippen LogP contribution in [0, 0.1) is 5.41 Å². The summed E-state index contributed by atoms with van der Waals surface area (Å²) in [6.45, 7) is 5.67. The van der Waals surface area contributed by atoms with Crippen molar-refractivity contribution in [2.75, 3.05) is 0 Å². The summed E-state index contributed by atoms with van der Waals surface area (Å²) in [5.74, 6) is 0.305. The molecule has 1 N–H and O–H groups in total. The van der Waals surface area contributed by atoms with Gasteiger partial charge in [-0.1, -0.05) is 55.6 Å². The van der Waals surface area contributed by atoms with E-state index in [1.165, 1.54) is 29.5 Å². The van der Waals surface area contributed by atoms with E-state index in [9.17, 15) is 5.11 Å². The summed E-state index contributed by atoms with van der Waals surface area (Å²) >= 11 is 18.0. The van der Waals surface area contributed by atoms with Crippen LogP contribution in [0.3, 0.4) is 0 Å². The molecule has 0 aliphatic rings. The monoisotopic (exact) mass is 363 g/mol. The van der Waals surface area contributed by atoms with Crippen molar-refractivity contribution in [2.45, 2.75) is 33.1 Å². The minimum absolute atomic E-state index is 0.292. The summed E-state index contributed by atoms with van der Waals surface area (Å²) < 4.78 is 7.27. The molecule has 1 heterocycles. The molecule has 1 aromatic heterocycles. The van der Waals surface area contributed by atoms with E-state index in [0.717, 1.165) is 0 Å². The van der Waals surface area contributed by atoms with Gasteiger partial charge in [0.25, 0.3) is 0 Å². The fraction of sp³-hybridized carbons (Fsp3) is 0.429. The van der Waals surface area contributed by atoms with E-state index >= 15 is 0 Å². The van der Waals surface area contributed by atoms with Crippen LogP contribution in [-0.4, -0.2) is 26.0 Å². The van der Waals surface area contributed by atoms with Crippen molar-refractivity contribution in [3.63, 3.8) is 0 Å². The lowest BCUT2D eigenvalue weighted by atomic mass is 9.88. The third-order valence-electron chi connectivity index (χ3n) is 3.08. The van der Waals surface area contributed by atoms with E-state index in [1.807, 2.05) is 20.8 Å². The SMILES string of the molecule is CC(C)(C)C(O)C(Oc1cc(Cl)c(Cl)cc1Cl)n1cncn1. The van der Waals surface area contributed by atoms with Gasteiger partial charge >= 0.3 is 0 Å². The molecule has 0 saturated heterocycles. The zero-order valence-electron chi connectivity index (χ0n) is 12.3. The topological polar surface area (TPSA) is 60.2 Å². The van der Waals surface area contributed by atoms with E-state index in [0.29, 0.717) is 20.8 Å². The molecule has 22 heavy (non-hydrogen) atoms. The Hall–Kier alpha value is -1.01. The highest BCUT2D eigenvalue weighted by Gasteiger charge is 2.34. The number of aliphatic hydroxyl groups is 1. The molecule has 120 valence electrons. The highest BCUT2D eigenvalue weighted by molar-refractivity contribution is 6.43. The van der Waals surface area contributed by atoms with Gasteiger partial charge in [0.15, 0.2) is 0 Å². The molecule has 2 unspecified atom stereocenters. The standard InChI is InChI=1S/C14H16Cl3N3O2/c1-14(2,3)12(21)13(20-7-18-6-19-20)22-11-5-9(16)8(15)4-10(11)17/h4-7,12-13,21H,1-3H3. The number of benzene rings is 1. The molecule has 0 aliphatic carbocycles. The molecule has 5 nitrogen and oxygen atoms in total. The van der Waals surface area contributed by atoms with Crippen molar-refractivity contribution >= 4 is 34.8 Å². The van der Waals surface area contributed by atoms with Gasteiger partial charge in [0.05, 0.1) is 15.1 Å². The summed E-state index contributed by atoms with van der Waals surface area (Å²) in [5.41, 5.74) is -0.445. The van der Waals surface area contributed by atoms with Crippen LogP contribution in [0.25, 0.3) is 0 Å². The lowest BCUT2D eigenvalue weighted by molar-refractivity contribution is -0.0730. The van der Waals surface area contributed by atoms with Gasteiger partial charge in [0.2, 0.25) is 6.23 Å². The molecule has 0 amide bonds. The lowest BCUT2D eigenvalue weighted by Crippen LogP contribution is -2.39.